The SMILES string of the molecule is [CH2]C1CCCCCCCCCCCCCCCCCCCCCCCCCCCCCCCCCCCCCCCCCCCCCCCCCCCCCCCCCCCCCCCCCCCCCCCCCCCCCCCCCCCCCCCCCCCCCCCCCCC1. The van der Waals surface area contributed by atoms with E-state index in [2.05, 4.69) is 6.92 Å². The summed E-state index contributed by atoms with van der Waals surface area (Å²) in [6, 6.07) is 0. The Balaban J connectivity index is 2.02. The van der Waals surface area contributed by atoms with Gasteiger partial charge in [0.15, 0.2) is 0 Å². The highest BCUT2D eigenvalue weighted by molar-refractivity contribution is 4.64. The van der Waals surface area contributed by atoms with E-state index < -0.39 is 0 Å². The first-order valence-corrected chi connectivity index (χ1v) is 50.2. The summed E-state index contributed by atoms with van der Waals surface area (Å²) in [6.07, 6.45) is 148. The van der Waals surface area contributed by atoms with Gasteiger partial charge in [0, 0.05) is 0 Å². The average molecular weight is 1420 g/mol. The Morgan fingerprint density at radius 3 is 0.158 bits per heavy atom. The maximum Gasteiger partial charge on any atom is -0.0414 e. The van der Waals surface area contributed by atoms with E-state index in [0.717, 1.165) is 0 Å². The molecule has 1 radical (unpaired) electrons. The lowest BCUT2D eigenvalue weighted by Crippen LogP contribution is -1.95. The maximum atomic E-state index is 4.54. The third kappa shape index (κ3) is 92.3. The van der Waals surface area contributed by atoms with Crippen LogP contribution in [0.5, 0.6) is 0 Å². The van der Waals surface area contributed by atoms with Crippen molar-refractivity contribution in [1.29, 1.82) is 0 Å². The van der Waals surface area contributed by atoms with E-state index in [1.165, 1.54) is 636 Å². The molecule has 1 fully saturated rings. The Hall–Kier alpha value is 0. The lowest BCUT2D eigenvalue weighted by molar-refractivity contribution is 0.459. The molecule has 0 heteroatoms. The van der Waals surface area contributed by atoms with Gasteiger partial charge in [0.2, 0.25) is 0 Å². The van der Waals surface area contributed by atoms with Crippen LogP contribution in [0.1, 0.15) is 636 Å². The minimum absolute atomic E-state index is 0.708. The minimum atomic E-state index is 0.708. The third-order valence-corrected chi connectivity index (χ3v) is 25.2. The van der Waals surface area contributed by atoms with E-state index in [4.69, 9.17) is 0 Å². The second kappa shape index (κ2) is 94.2. The summed E-state index contributed by atoms with van der Waals surface area (Å²) in [5.74, 6) is 0.708. The zero-order valence-corrected chi connectivity index (χ0v) is 71.3. The van der Waals surface area contributed by atoms with E-state index in [1.807, 2.05) is 0 Å². The van der Waals surface area contributed by atoms with Crippen LogP contribution in [-0.2, 0) is 0 Å². The van der Waals surface area contributed by atoms with E-state index in [9.17, 15) is 0 Å². The monoisotopic (exact) mass is 1410 g/mol. The second-order valence-electron chi connectivity index (χ2n) is 35.7. The van der Waals surface area contributed by atoms with Crippen molar-refractivity contribution in [2.45, 2.75) is 636 Å². The molecule has 0 nitrogen and oxygen atoms in total. The van der Waals surface area contributed by atoms with Gasteiger partial charge in [-0.2, -0.15) is 0 Å². The van der Waals surface area contributed by atoms with Crippen LogP contribution in [0.25, 0.3) is 0 Å². The van der Waals surface area contributed by atoms with Gasteiger partial charge in [0.1, 0.15) is 0 Å². The molecule has 1 saturated carbocycles. The summed E-state index contributed by atoms with van der Waals surface area (Å²) < 4.78 is 0. The predicted octanol–water partition coefficient (Wildman–Crippen LogP) is 39.1. The lowest BCUT2D eigenvalue weighted by Gasteiger charge is -2.11. The summed E-state index contributed by atoms with van der Waals surface area (Å²) >= 11 is 0. The predicted molar refractivity (Wildman–Crippen MR) is 466 cm³/mol. The van der Waals surface area contributed by atoms with E-state index in [0.29, 0.717) is 5.92 Å². The van der Waals surface area contributed by atoms with Crippen LogP contribution in [0.3, 0.4) is 0 Å². The number of hydrogen-bond acceptors (Lipinski definition) is 0. The highest BCUT2D eigenvalue weighted by Crippen LogP contribution is 2.25. The molecule has 1 aliphatic carbocycles. The van der Waals surface area contributed by atoms with Gasteiger partial charge in [-0.3, -0.25) is 0 Å². The molecule has 0 saturated heterocycles. The van der Waals surface area contributed by atoms with Crippen LogP contribution < -0.4 is 0 Å². The molecule has 0 N–H and O–H groups in total. The zero-order valence-electron chi connectivity index (χ0n) is 71.3. The molecule has 0 unspecified atom stereocenters. The van der Waals surface area contributed by atoms with Gasteiger partial charge in [-0.05, 0) is 5.92 Å². The number of rotatable bonds is 0. The highest BCUT2D eigenvalue weighted by atomic mass is 14.1. The summed E-state index contributed by atoms with van der Waals surface area (Å²) in [4.78, 5) is 0. The van der Waals surface area contributed by atoms with Crippen molar-refractivity contribution in [2.75, 3.05) is 0 Å². The lowest BCUT2D eigenvalue weighted by atomic mass is 9.95. The molecular formula is C101H201. The van der Waals surface area contributed by atoms with Crippen LogP contribution in [0.4, 0.5) is 0 Å². The first kappa shape index (κ1) is 99.0. The Kier molecular flexibility index (Phi) is 92.3. The van der Waals surface area contributed by atoms with Gasteiger partial charge in [0.05, 0.1) is 0 Å². The second-order valence-corrected chi connectivity index (χ2v) is 35.7. The number of hydrogen-bond donors (Lipinski definition) is 0. The van der Waals surface area contributed by atoms with Gasteiger partial charge >= 0.3 is 0 Å². The molecule has 0 aromatic carbocycles. The smallest absolute Gasteiger partial charge is 0.0414 e. The molecule has 0 spiro atoms. The Bertz CT molecular complexity index is 1260. The van der Waals surface area contributed by atoms with E-state index >= 15 is 0 Å². The Morgan fingerprint density at radius 1 is 0.0693 bits per heavy atom. The van der Waals surface area contributed by atoms with Crippen molar-refractivity contribution in [3.8, 4) is 0 Å². The van der Waals surface area contributed by atoms with Crippen LogP contribution in [0.2, 0.25) is 0 Å². The van der Waals surface area contributed by atoms with Gasteiger partial charge in [-0.25, -0.2) is 0 Å². The normalized spacial score (nSPS) is 24.1. The van der Waals surface area contributed by atoms with Crippen molar-refractivity contribution < 1.29 is 0 Å². The summed E-state index contributed by atoms with van der Waals surface area (Å²) in [7, 11) is 0. The molecule has 0 heterocycles. The molecule has 101 heavy (non-hydrogen) atoms. The maximum absolute atomic E-state index is 4.54. The van der Waals surface area contributed by atoms with Gasteiger partial charge in [0.25, 0.3) is 0 Å². The molecule has 0 bridgehead atoms. The molecule has 0 aromatic heterocycles. The fourth-order valence-corrected chi connectivity index (χ4v) is 17.8. The Labute approximate surface area is 644 Å². The van der Waals surface area contributed by atoms with Crippen LogP contribution >= 0.6 is 0 Å². The fourth-order valence-electron chi connectivity index (χ4n) is 17.8. The van der Waals surface area contributed by atoms with Crippen LogP contribution in [0.15, 0.2) is 0 Å². The van der Waals surface area contributed by atoms with Gasteiger partial charge < -0.3 is 0 Å². The van der Waals surface area contributed by atoms with E-state index in [-0.39, 0.29) is 0 Å². The molecule has 1 rings (SSSR count). The molecule has 0 aromatic rings. The van der Waals surface area contributed by atoms with Crippen molar-refractivity contribution in [3.05, 3.63) is 6.92 Å². The van der Waals surface area contributed by atoms with Crippen molar-refractivity contribution in [2.24, 2.45) is 5.92 Å². The standard InChI is InChI=1S/C101H201/c1-101-99-97-95-93-91-89-87-85-83-81-79-77-75-73-71-69-67-65-63-61-59-57-55-53-51-49-47-45-43-41-39-37-35-33-31-29-27-25-23-21-19-17-15-13-11-9-7-5-3-2-4-6-8-10-12-14-16-18-20-22-24-26-28-30-32-34-36-38-40-42-44-46-48-50-52-54-56-58-60-62-64-66-68-70-72-74-76-78-80-82-84-86-88-90-92-94-96-98-100-101/h101H,1-100H2. The molecule has 0 atom stereocenters. The van der Waals surface area contributed by atoms with Crippen LogP contribution in [-0.4, -0.2) is 0 Å². The molecular weight excluding hydrogens is 1210 g/mol. The van der Waals surface area contributed by atoms with Crippen molar-refractivity contribution in [1.82, 2.24) is 0 Å². The third-order valence-electron chi connectivity index (χ3n) is 25.2. The van der Waals surface area contributed by atoms with E-state index in [1.54, 1.807) is 0 Å². The van der Waals surface area contributed by atoms with Crippen LogP contribution in [0, 0.1) is 12.8 Å². The minimum Gasteiger partial charge on any atom is -0.0533 e. The molecule has 1 aliphatic rings. The average Bonchev–Trinajstić information content (AvgIpc) is 3.78. The van der Waals surface area contributed by atoms with Crippen molar-refractivity contribution >= 4 is 0 Å². The summed E-state index contributed by atoms with van der Waals surface area (Å²) in [5.41, 5.74) is 0. The quantitative estimate of drug-likeness (QED) is 0.227. The van der Waals surface area contributed by atoms with Gasteiger partial charge in [-0.1, -0.05) is 643 Å². The van der Waals surface area contributed by atoms with Crippen molar-refractivity contribution in [3.63, 3.8) is 0 Å². The first-order chi connectivity index (χ1) is 50.4. The van der Waals surface area contributed by atoms with Gasteiger partial charge in [-0.15, -0.1) is 0 Å². The highest BCUT2D eigenvalue weighted by Gasteiger charge is 2.06. The molecule has 605 valence electrons. The summed E-state index contributed by atoms with van der Waals surface area (Å²) in [5, 5.41) is 0. The first-order valence-electron chi connectivity index (χ1n) is 50.2. The molecule has 0 aliphatic heterocycles. The summed E-state index contributed by atoms with van der Waals surface area (Å²) in [6.45, 7) is 4.54. The zero-order chi connectivity index (χ0) is 71.6. The Morgan fingerprint density at radius 2 is 0.109 bits per heavy atom. The fraction of sp³-hybridized carbons (Fsp3) is 0.990. The largest absolute Gasteiger partial charge is 0.0533 e. The molecule has 0 amide bonds. The topological polar surface area (TPSA) is 0 Å².